The highest BCUT2D eigenvalue weighted by Crippen LogP contribution is 2.35. The maximum absolute atomic E-state index is 13.2. The summed E-state index contributed by atoms with van der Waals surface area (Å²) in [5, 5.41) is 0. The minimum atomic E-state index is -0.108. The van der Waals surface area contributed by atoms with Crippen molar-refractivity contribution in [2.45, 2.75) is 64.5 Å². The van der Waals surface area contributed by atoms with Crippen molar-refractivity contribution in [2.75, 3.05) is 31.1 Å². The molecule has 2 fully saturated rings. The minimum absolute atomic E-state index is 0.0607. The second-order valence-corrected chi connectivity index (χ2v) is 9.51. The van der Waals surface area contributed by atoms with Gasteiger partial charge >= 0.3 is 0 Å². The zero-order chi connectivity index (χ0) is 22.8. The SMILES string of the molecule is Cc1nc(C2CCCCN2C(=O)CCN2CCCC2)nc2c1CC(=O)N2Cc1ccccc1. The van der Waals surface area contributed by atoms with Crippen LogP contribution >= 0.6 is 0 Å². The van der Waals surface area contributed by atoms with Crippen LogP contribution in [0.4, 0.5) is 5.82 Å². The average Bonchev–Trinajstić information content (AvgIpc) is 3.47. The third-order valence-corrected chi connectivity index (χ3v) is 7.24. The molecule has 0 radical (unpaired) electrons. The number of fused-ring (bicyclic) bond motifs is 1. The van der Waals surface area contributed by atoms with E-state index in [1.807, 2.05) is 42.2 Å². The van der Waals surface area contributed by atoms with Gasteiger partial charge in [0.1, 0.15) is 5.82 Å². The Morgan fingerprint density at radius 2 is 1.79 bits per heavy atom. The van der Waals surface area contributed by atoms with E-state index in [1.54, 1.807) is 4.90 Å². The lowest BCUT2D eigenvalue weighted by Crippen LogP contribution is -2.40. The van der Waals surface area contributed by atoms with Crippen LogP contribution in [0.3, 0.4) is 0 Å². The zero-order valence-corrected chi connectivity index (χ0v) is 19.5. The molecule has 3 aliphatic rings. The molecule has 33 heavy (non-hydrogen) atoms. The van der Waals surface area contributed by atoms with Gasteiger partial charge in [-0.3, -0.25) is 14.5 Å². The van der Waals surface area contributed by atoms with Crippen molar-refractivity contribution < 1.29 is 9.59 Å². The van der Waals surface area contributed by atoms with Crippen LogP contribution in [0.15, 0.2) is 30.3 Å². The van der Waals surface area contributed by atoms with Gasteiger partial charge in [-0.1, -0.05) is 30.3 Å². The van der Waals surface area contributed by atoms with Gasteiger partial charge in [0.2, 0.25) is 11.8 Å². The Kier molecular flexibility index (Phi) is 6.40. The minimum Gasteiger partial charge on any atom is -0.332 e. The van der Waals surface area contributed by atoms with Crippen LogP contribution in [0, 0.1) is 6.92 Å². The molecule has 7 nitrogen and oxygen atoms in total. The second kappa shape index (κ2) is 9.59. The predicted octanol–water partition coefficient (Wildman–Crippen LogP) is 3.41. The smallest absolute Gasteiger partial charge is 0.233 e. The topological polar surface area (TPSA) is 69.6 Å². The molecule has 2 aromatic rings. The Bertz CT molecular complexity index is 1020. The summed E-state index contributed by atoms with van der Waals surface area (Å²) in [7, 11) is 0. The number of piperidine rings is 1. The molecule has 0 saturated carbocycles. The number of nitrogens with zero attached hydrogens (tertiary/aromatic N) is 5. The molecular weight excluding hydrogens is 414 g/mol. The highest BCUT2D eigenvalue weighted by atomic mass is 16.2. The van der Waals surface area contributed by atoms with E-state index in [4.69, 9.17) is 9.97 Å². The molecule has 4 heterocycles. The van der Waals surface area contributed by atoms with E-state index >= 15 is 0 Å². The largest absolute Gasteiger partial charge is 0.332 e. The standard InChI is InChI=1S/C26H33N5O2/c1-19-21-17-24(33)31(18-20-9-3-2-4-10-20)26(21)28-25(27-19)22-11-5-6-15-30(22)23(32)12-16-29-13-7-8-14-29/h2-4,9-10,22H,5-8,11-18H2,1H3. The number of carbonyl (C=O) groups excluding carboxylic acids is 2. The van der Waals surface area contributed by atoms with E-state index in [-0.39, 0.29) is 17.9 Å². The number of rotatable bonds is 6. The first-order chi connectivity index (χ1) is 16.1. The van der Waals surface area contributed by atoms with Crippen LogP contribution < -0.4 is 4.90 Å². The Morgan fingerprint density at radius 3 is 2.58 bits per heavy atom. The number of likely N-dealkylation sites (tertiary alicyclic amines) is 2. The molecule has 1 atom stereocenters. The van der Waals surface area contributed by atoms with Gasteiger partial charge in [0.15, 0.2) is 5.82 Å². The molecular formula is C26H33N5O2. The molecule has 1 aromatic carbocycles. The maximum Gasteiger partial charge on any atom is 0.233 e. The Balaban J connectivity index is 1.38. The average molecular weight is 448 g/mol. The number of hydrogen-bond acceptors (Lipinski definition) is 5. The van der Waals surface area contributed by atoms with Crippen molar-refractivity contribution in [2.24, 2.45) is 0 Å². The molecule has 2 saturated heterocycles. The van der Waals surface area contributed by atoms with Gasteiger partial charge in [0.25, 0.3) is 0 Å². The van der Waals surface area contributed by atoms with Gasteiger partial charge < -0.3 is 9.80 Å². The highest BCUT2D eigenvalue weighted by Gasteiger charge is 2.35. The normalized spacial score (nSPS) is 21.0. The maximum atomic E-state index is 13.2. The fourth-order valence-electron chi connectivity index (χ4n) is 5.38. The molecule has 0 N–H and O–H groups in total. The van der Waals surface area contributed by atoms with Crippen LogP contribution in [-0.4, -0.2) is 57.8 Å². The van der Waals surface area contributed by atoms with Gasteiger partial charge in [0.05, 0.1) is 19.0 Å². The third-order valence-electron chi connectivity index (χ3n) is 7.24. The summed E-state index contributed by atoms with van der Waals surface area (Å²) >= 11 is 0. The molecule has 174 valence electrons. The zero-order valence-electron chi connectivity index (χ0n) is 19.5. The molecule has 2 amide bonds. The van der Waals surface area contributed by atoms with Crippen molar-refractivity contribution in [3.8, 4) is 0 Å². The van der Waals surface area contributed by atoms with E-state index in [2.05, 4.69) is 4.90 Å². The lowest BCUT2D eigenvalue weighted by atomic mass is 10.0. The molecule has 7 heteroatoms. The molecule has 0 spiro atoms. The number of aryl methyl sites for hydroxylation is 1. The number of aromatic nitrogens is 2. The first-order valence-electron chi connectivity index (χ1n) is 12.3. The molecule has 1 unspecified atom stereocenters. The first kappa shape index (κ1) is 22.0. The number of benzene rings is 1. The Morgan fingerprint density at radius 1 is 1.03 bits per heavy atom. The monoisotopic (exact) mass is 447 g/mol. The summed E-state index contributed by atoms with van der Waals surface area (Å²) in [6.45, 7) is 6.28. The quantitative estimate of drug-likeness (QED) is 0.679. The van der Waals surface area contributed by atoms with Crippen LogP contribution in [0.25, 0.3) is 0 Å². The van der Waals surface area contributed by atoms with Crippen molar-refractivity contribution in [1.29, 1.82) is 0 Å². The summed E-state index contributed by atoms with van der Waals surface area (Å²) in [6.07, 6.45) is 6.33. The number of amides is 2. The second-order valence-electron chi connectivity index (χ2n) is 9.51. The summed E-state index contributed by atoms with van der Waals surface area (Å²) < 4.78 is 0. The number of hydrogen-bond donors (Lipinski definition) is 0. The fourth-order valence-corrected chi connectivity index (χ4v) is 5.38. The van der Waals surface area contributed by atoms with E-state index in [9.17, 15) is 9.59 Å². The van der Waals surface area contributed by atoms with Gasteiger partial charge in [-0.2, -0.15) is 0 Å². The van der Waals surface area contributed by atoms with Crippen LogP contribution in [0.5, 0.6) is 0 Å². The van der Waals surface area contributed by atoms with Gasteiger partial charge in [-0.25, -0.2) is 9.97 Å². The molecule has 1 aromatic heterocycles. The van der Waals surface area contributed by atoms with E-state index in [1.165, 1.54) is 12.8 Å². The van der Waals surface area contributed by atoms with E-state index in [0.29, 0.717) is 25.2 Å². The predicted molar refractivity (Wildman–Crippen MR) is 127 cm³/mol. The first-order valence-corrected chi connectivity index (χ1v) is 12.3. The van der Waals surface area contributed by atoms with Crippen LogP contribution in [0.2, 0.25) is 0 Å². The Labute approximate surface area is 195 Å². The summed E-state index contributed by atoms with van der Waals surface area (Å²) in [5.74, 6) is 1.67. The van der Waals surface area contributed by atoms with Crippen LogP contribution in [-0.2, 0) is 22.6 Å². The molecule has 0 aliphatic carbocycles. The molecule has 0 bridgehead atoms. The summed E-state index contributed by atoms with van der Waals surface area (Å²) in [4.78, 5) is 42.0. The van der Waals surface area contributed by atoms with Gasteiger partial charge in [-0.05, 0) is 57.7 Å². The lowest BCUT2D eigenvalue weighted by molar-refractivity contribution is -0.135. The van der Waals surface area contributed by atoms with Crippen molar-refractivity contribution >= 4 is 17.6 Å². The van der Waals surface area contributed by atoms with Crippen molar-refractivity contribution in [3.63, 3.8) is 0 Å². The fraction of sp³-hybridized carbons (Fsp3) is 0.538. The Hall–Kier alpha value is -2.80. The number of anilines is 1. The van der Waals surface area contributed by atoms with E-state index in [0.717, 1.165) is 68.1 Å². The van der Waals surface area contributed by atoms with E-state index < -0.39 is 0 Å². The van der Waals surface area contributed by atoms with Crippen LogP contribution in [0.1, 0.15) is 67.2 Å². The molecule has 3 aliphatic heterocycles. The van der Waals surface area contributed by atoms with Gasteiger partial charge in [-0.15, -0.1) is 0 Å². The third kappa shape index (κ3) is 4.64. The van der Waals surface area contributed by atoms with Crippen molar-refractivity contribution in [1.82, 2.24) is 19.8 Å². The summed E-state index contributed by atoms with van der Waals surface area (Å²) in [6, 6.07) is 9.90. The lowest BCUT2D eigenvalue weighted by Gasteiger charge is -2.35. The van der Waals surface area contributed by atoms with Crippen molar-refractivity contribution in [3.05, 3.63) is 53.0 Å². The summed E-state index contributed by atoms with van der Waals surface area (Å²) in [5.41, 5.74) is 2.85. The highest BCUT2D eigenvalue weighted by molar-refractivity contribution is 6.00. The molecule has 5 rings (SSSR count). The van der Waals surface area contributed by atoms with Gasteiger partial charge in [0, 0.05) is 30.8 Å². The number of carbonyl (C=O) groups is 2.